The van der Waals surface area contributed by atoms with E-state index in [2.05, 4.69) is 15.6 Å². The van der Waals surface area contributed by atoms with Crippen molar-refractivity contribution in [1.29, 1.82) is 0 Å². The lowest BCUT2D eigenvalue weighted by Gasteiger charge is -2.23. The first-order valence-corrected chi connectivity index (χ1v) is 10.7. The third kappa shape index (κ3) is 4.67. The minimum Gasteiger partial charge on any atom is -0.497 e. The molecule has 2 heterocycles. The highest BCUT2D eigenvalue weighted by Gasteiger charge is 2.26. The van der Waals surface area contributed by atoms with Crippen molar-refractivity contribution in [2.24, 2.45) is 0 Å². The quantitative estimate of drug-likeness (QED) is 0.778. The number of nitrogens with zero attached hydrogens (tertiary/aromatic N) is 2. The molecular weight excluding hydrogens is 392 g/mol. The molecule has 9 nitrogen and oxygen atoms in total. The molecule has 3 rings (SSSR count). The number of aromatic nitrogens is 1. The van der Waals surface area contributed by atoms with Crippen LogP contribution in [0, 0.1) is 0 Å². The number of hydrogen-bond donors (Lipinski definition) is 2. The molecular formula is C16H20N4O5S2. The molecule has 2 aromatic rings. The monoisotopic (exact) mass is 412 g/mol. The van der Waals surface area contributed by atoms with Gasteiger partial charge in [-0.05, 0) is 0 Å². The fourth-order valence-corrected chi connectivity index (χ4v) is 4.53. The van der Waals surface area contributed by atoms with Gasteiger partial charge in [0.15, 0.2) is 5.13 Å². The zero-order valence-corrected chi connectivity index (χ0v) is 16.7. The van der Waals surface area contributed by atoms with Crippen LogP contribution in [0.15, 0.2) is 18.2 Å². The Hall–Kier alpha value is -2.37. The van der Waals surface area contributed by atoms with Gasteiger partial charge in [0.05, 0.1) is 26.2 Å². The molecule has 2 amide bonds. The van der Waals surface area contributed by atoms with Crippen molar-refractivity contribution in [3.8, 4) is 11.5 Å². The fraction of sp³-hybridized carbons (Fsp3) is 0.375. The second-order valence-electron chi connectivity index (χ2n) is 5.92. The van der Waals surface area contributed by atoms with Crippen molar-refractivity contribution in [1.82, 2.24) is 9.29 Å². The number of hydrogen-bond acceptors (Lipinski definition) is 7. The molecule has 0 saturated carbocycles. The minimum absolute atomic E-state index is 0.280. The predicted octanol–water partition coefficient (Wildman–Crippen LogP) is 2.12. The highest BCUT2D eigenvalue weighted by molar-refractivity contribution is 7.88. The number of thiazole rings is 1. The minimum atomic E-state index is -3.25. The summed E-state index contributed by atoms with van der Waals surface area (Å²) < 4.78 is 35.1. The molecule has 1 aromatic heterocycles. The molecule has 146 valence electrons. The Morgan fingerprint density at radius 3 is 2.44 bits per heavy atom. The number of carbonyl (C=O) groups excluding carboxylic acids is 1. The number of nitrogens with one attached hydrogen (secondary N) is 2. The van der Waals surface area contributed by atoms with Crippen LogP contribution in [0.1, 0.15) is 10.6 Å². The Morgan fingerprint density at radius 2 is 1.85 bits per heavy atom. The van der Waals surface area contributed by atoms with E-state index < -0.39 is 16.1 Å². The Bertz CT molecular complexity index is 935. The summed E-state index contributed by atoms with van der Waals surface area (Å²) in [6.07, 6.45) is 1.71. The molecule has 0 aliphatic carbocycles. The predicted molar refractivity (Wildman–Crippen MR) is 103 cm³/mol. The number of ether oxygens (including phenoxy) is 2. The maximum atomic E-state index is 12.3. The van der Waals surface area contributed by atoms with Gasteiger partial charge in [0.2, 0.25) is 10.0 Å². The lowest BCUT2D eigenvalue weighted by Crippen LogP contribution is -2.34. The van der Waals surface area contributed by atoms with Crippen LogP contribution in [0.25, 0.3) is 0 Å². The van der Waals surface area contributed by atoms with Crippen molar-refractivity contribution < 1.29 is 22.7 Å². The zero-order valence-electron chi connectivity index (χ0n) is 15.1. The number of amides is 2. The molecule has 0 radical (unpaired) electrons. The number of urea groups is 1. The number of fused-ring (bicyclic) bond motifs is 1. The average molecular weight is 412 g/mol. The summed E-state index contributed by atoms with van der Waals surface area (Å²) in [4.78, 5) is 17.5. The maximum absolute atomic E-state index is 12.3. The van der Waals surface area contributed by atoms with E-state index in [-0.39, 0.29) is 6.54 Å². The van der Waals surface area contributed by atoms with E-state index in [9.17, 15) is 13.2 Å². The van der Waals surface area contributed by atoms with Gasteiger partial charge in [-0.15, -0.1) is 0 Å². The molecule has 1 aromatic carbocycles. The highest BCUT2D eigenvalue weighted by Crippen LogP contribution is 2.30. The van der Waals surface area contributed by atoms with E-state index in [0.29, 0.717) is 35.3 Å². The van der Waals surface area contributed by atoms with Gasteiger partial charge in [-0.1, -0.05) is 11.3 Å². The number of sulfonamides is 1. The van der Waals surface area contributed by atoms with Crippen LogP contribution in [-0.2, 0) is 23.0 Å². The lowest BCUT2D eigenvalue weighted by atomic mass is 10.2. The number of anilines is 2. The Balaban J connectivity index is 1.68. The number of methoxy groups -OCH3 is 2. The second kappa shape index (κ2) is 7.71. The normalized spacial score (nSPS) is 14.3. The van der Waals surface area contributed by atoms with Crippen molar-refractivity contribution in [3.05, 3.63) is 28.8 Å². The zero-order chi connectivity index (χ0) is 19.6. The van der Waals surface area contributed by atoms with Crippen molar-refractivity contribution in [2.75, 3.05) is 37.7 Å². The maximum Gasteiger partial charge on any atom is 0.325 e. The van der Waals surface area contributed by atoms with Crippen LogP contribution in [0.4, 0.5) is 15.6 Å². The Morgan fingerprint density at radius 1 is 1.19 bits per heavy atom. The van der Waals surface area contributed by atoms with Crippen molar-refractivity contribution >= 4 is 38.2 Å². The van der Waals surface area contributed by atoms with Gasteiger partial charge in [0.25, 0.3) is 0 Å². The molecule has 0 unspecified atom stereocenters. The molecule has 0 spiro atoms. The van der Waals surface area contributed by atoms with E-state index >= 15 is 0 Å². The molecule has 2 N–H and O–H groups in total. The van der Waals surface area contributed by atoms with E-state index in [0.717, 1.165) is 10.6 Å². The summed E-state index contributed by atoms with van der Waals surface area (Å²) in [6.45, 7) is 0.674. The molecule has 11 heteroatoms. The molecule has 0 atom stereocenters. The van der Waals surface area contributed by atoms with E-state index in [1.165, 1.54) is 36.1 Å². The summed E-state index contributed by atoms with van der Waals surface area (Å²) in [5.41, 5.74) is 1.33. The molecule has 0 bridgehead atoms. The lowest BCUT2D eigenvalue weighted by molar-refractivity contribution is 0.262. The molecule has 1 aliphatic rings. The van der Waals surface area contributed by atoms with Gasteiger partial charge in [-0.3, -0.25) is 5.32 Å². The summed E-state index contributed by atoms with van der Waals surface area (Å²) in [5, 5.41) is 5.81. The van der Waals surface area contributed by atoms with Crippen molar-refractivity contribution in [3.63, 3.8) is 0 Å². The topological polar surface area (TPSA) is 110 Å². The Labute approximate surface area is 161 Å². The van der Waals surface area contributed by atoms with Crippen LogP contribution < -0.4 is 20.1 Å². The largest absolute Gasteiger partial charge is 0.497 e. The number of benzene rings is 1. The standard InChI is InChI=1S/C16H20N4O5S2/c1-24-11-6-10(7-12(8-11)25-2)17-15(21)19-16-18-13-4-5-20(27(3,22)23)9-14(13)26-16/h6-8H,4-5,9H2,1-3H3,(H2,17,18,19,21). The van der Waals surface area contributed by atoms with Crippen LogP contribution in [0.2, 0.25) is 0 Å². The second-order valence-corrected chi connectivity index (χ2v) is 8.98. The first-order chi connectivity index (χ1) is 12.8. The smallest absolute Gasteiger partial charge is 0.325 e. The number of rotatable bonds is 5. The third-order valence-electron chi connectivity index (χ3n) is 4.00. The van der Waals surface area contributed by atoms with Crippen LogP contribution in [-0.4, -0.2) is 50.8 Å². The number of carbonyl (C=O) groups is 1. The van der Waals surface area contributed by atoms with Crippen molar-refractivity contribution in [2.45, 2.75) is 13.0 Å². The van der Waals surface area contributed by atoms with Gasteiger partial charge >= 0.3 is 6.03 Å². The Kier molecular flexibility index (Phi) is 5.53. The molecule has 0 fully saturated rings. The van der Waals surface area contributed by atoms with Crippen LogP contribution in [0.3, 0.4) is 0 Å². The summed E-state index contributed by atoms with van der Waals surface area (Å²) in [5.74, 6) is 1.10. The van der Waals surface area contributed by atoms with Gasteiger partial charge in [0.1, 0.15) is 11.5 Å². The SMILES string of the molecule is COc1cc(NC(=O)Nc2nc3c(s2)CN(S(C)(=O)=O)CC3)cc(OC)c1. The molecule has 27 heavy (non-hydrogen) atoms. The van der Waals surface area contributed by atoms with E-state index in [1.807, 2.05) is 0 Å². The van der Waals surface area contributed by atoms with Crippen LogP contribution in [0.5, 0.6) is 11.5 Å². The first kappa shape index (κ1) is 19.4. The van der Waals surface area contributed by atoms with E-state index in [4.69, 9.17) is 9.47 Å². The molecule has 1 aliphatic heterocycles. The fourth-order valence-electron chi connectivity index (χ4n) is 2.65. The van der Waals surface area contributed by atoms with Crippen LogP contribution >= 0.6 is 11.3 Å². The summed E-state index contributed by atoms with van der Waals surface area (Å²) in [6, 6.07) is 4.57. The van der Waals surface area contributed by atoms with Gasteiger partial charge in [-0.25, -0.2) is 18.2 Å². The highest BCUT2D eigenvalue weighted by atomic mass is 32.2. The van der Waals surface area contributed by atoms with Gasteiger partial charge in [0, 0.05) is 48.3 Å². The van der Waals surface area contributed by atoms with Gasteiger partial charge in [-0.2, -0.15) is 4.31 Å². The summed E-state index contributed by atoms with van der Waals surface area (Å²) >= 11 is 1.27. The average Bonchev–Trinajstić information content (AvgIpc) is 3.01. The van der Waals surface area contributed by atoms with E-state index in [1.54, 1.807) is 18.2 Å². The third-order valence-corrected chi connectivity index (χ3v) is 6.24. The van der Waals surface area contributed by atoms with Gasteiger partial charge < -0.3 is 14.8 Å². The molecule has 0 saturated heterocycles. The first-order valence-electron chi connectivity index (χ1n) is 8.03. The summed E-state index contributed by atoms with van der Waals surface area (Å²) in [7, 11) is -0.195.